The summed E-state index contributed by atoms with van der Waals surface area (Å²) in [6.07, 6.45) is -0.0594. The fourth-order valence-electron chi connectivity index (χ4n) is 5.27. The maximum absolute atomic E-state index is 13.6. The first-order chi connectivity index (χ1) is 20.5. The number of aromatic nitrogens is 5. The van der Waals surface area contributed by atoms with E-state index in [1.165, 1.54) is 35.2 Å². The molecule has 5 rings (SSSR count). The minimum absolute atomic E-state index is 0.108. The van der Waals surface area contributed by atoms with Crippen molar-refractivity contribution in [3.63, 3.8) is 0 Å². The Bertz CT molecular complexity index is 1740. The van der Waals surface area contributed by atoms with Crippen LogP contribution in [0, 0.1) is 17.2 Å². The molecular formula is C30H27ClF3N7O2. The molecule has 4 aromatic rings. The van der Waals surface area contributed by atoms with Gasteiger partial charge in [0.05, 0.1) is 42.4 Å². The van der Waals surface area contributed by atoms with Crippen LogP contribution in [0.25, 0.3) is 16.9 Å². The Balaban J connectivity index is 1.53. The molecule has 222 valence electrons. The lowest BCUT2D eigenvalue weighted by Crippen LogP contribution is -2.39. The summed E-state index contributed by atoms with van der Waals surface area (Å²) in [6, 6.07) is 14.9. The van der Waals surface area contributed by atoms with Gasteiger partial charge in [0.1, 0.15) is 0 Å². The molecule has 1 aliphatic heterocycles. The van der Waals surface area contributed by atoms with E-state index in [0.29, 0.717) is 36.3 Å². The molecule has 0 aliphatic carbocycles. The van der Waals surface area contributed by atoms with Crippen LogP contribution in [0.1, 0.15) is 55.5 Å². The molecule has 0 saturated heterocycles. The van der Waals surface area contributed by atoms with Gasteiger partial charge in [-0.15, -0.1) is 5.10 Å². The quantitative estimate of drug-likeness (QED) is 0.326. The van der Waals surface area contributed by atoms with E-state index < -0.39 is 11.9 Å². The molecule has 3 atom stereocenters. The Kier molecular flexibility index (Phi) is 8.64. The molecule has 9 nitrogen and oxygen atoms in total. The Morgan fingerprint density at radius 1 is 1.14 bits per heavy atom. The average Bonchev–Trinajstić information content (AvgIpc) is 3.46. The van der Waals surface area contributed by atoms with Crippen LogP contribution in [0.4, 0.5) is 13.2 Å². The second kappa shape index (κ2) is 12.4. The summed E-state index contributed by atoms with van der Waals surface area (Å²) >= 11 is 6.22. The van der Waals surface area contributed by atoms with E-state index in [4.69, 9.17) is 11.6 Å². The number of halogens is 4. The number of fused-ring (bicyclic) bond motifs is 2. The lowest BCUT2D eigenvalue weighted by atomic mass is 9.92. The third-order valence-electron chi connectivity index (χ3n) is 7.50. The van der Waals surface area contributed by atoms with Gasteiger partial charge in [0.2, 0.25) is 5.91 Å². The van der Waals surface area contributed by atoms with Crippen LogP contribution in [-0.4, -0.2) is 36.5 Å². The zero-order valence-corrected chi connectivity index (χ0v) is 23.8. The number of rotatable bonds is 4. The number of hydrogen-bond donors (Lipinski definition) is 1. The highest BCUT2D eigenvalue weighted by atomic mass is 35.5. The normalized spacial score (nSPS) is 19.5. The molecule has 2 aromatic heterocycles. The number of benzene rings is 2. The van der Waals surface area contributed by atoms with Crippen molar-refractivity contribution >= 4 is 17.5 Å². The van der Waals surface area contributed by atoms with Gasteiger partial charge >= 0.3 is 6.18 Å². The molecule has 0 saturated carbocycles. The van der Waals surface area contributed by atoms with Crippen molar-refractivity contribution in [3.8, 4) is 23.0 Å². The molecule has 0 unspecified atom stereocenters. The summed E-state index contributed by atoms with van der Waals surface area (Å²) < 4.78 is 42.0. The Morgan fingerprint density at radius 3 is 2.67 bits per heavy atom. The van der Waals surface area contributed by atoms with Crippen molar-refractivity contribution in [1.29, 1.82) is 5.26 Å². The highest BCUT2D eigenvalue weighted by molar-refractivity contribution is 6.31. The van der Waals surface area contributed by atoms with Gasteiger partial charge in [-0.3, -0.25) is 14.2 Å². The highest BCUT2D eigenvalue weighted by Gasteiger charge is 2.35. The number of hydrogen-bond acceptors (Lipinski definition) is 6. The summed E-state index contributed by atoms with van der Waals surface area (Å²) in [6.45, 7) is 1.84. The standard InChI is InChI=1S/C30H27ClF3N7O2/c1-18-4-2-7-25(20-6-3-5-19(12-20)13-22(10-11-35)37-29(18)43)40-17-36-24(15-28(40)42)23-14-21(31)8-9-26(23)41-16-27(38-39-41)30(32,33)34/h3,5-6,8-9,12,14-18,22,25H,2,4,7,10,13H2,1H3,(H,37,43)/t18-,22+,25+/m1/s1. The lowest BCUT2D eigenvalue weighted by molar-refractivity contribution is -0.141. The molecule has 2 aromatic carbocycles. The number of nitrogens with zero attached hydrogens (tertiary/aromatic N) is 6. The van der Waals surface area contributed by atoms with E-state index in [1.807, 2.05) is 31.2 Å². The van der Waals surface area contributed by atoms with Crippen LogP contribution >= 0.6 is 11.6 Å². The van der Waals surface area contributed by atoms with Crippen molar-refractivity contribution in [1.82, 2.24) is 29.9 Å². The molecule has 0 spiro atoms. The minimum atomic E-state index is -4.67. The summed E-state index contributed by atoms with van der Waals surface area (Å²) in [7, 11) is 0. The minimum Gasteiger partial charge on any atom is -0.352 e. The third kappa shape index (κ3) is 6.78. The number of nitriles is 1. The number of carbonyl (C=O) groups is 1. The predicted molar refractivity (Wildman–Crippen MR) is 152 cm³/mol. The van der Waals surface area contributed by atoms with Crippen molar-refractivity contribution in [3.05, 3.63) is 93.3 Å². The smallest absolute Gasteiger partial charge is 0.352 e. The van der Waals surface area contributed by atoms with Crippen LogP contribution in [-0.2, 0) is 17.4 Å². The van der Waals surface area contributed by atoms with Gasteiger partial charge in [0.15, 0.2) is 5.69 Å². The molecule has 1 aliphatic rings. The third-order valence-corrected chi connectivity index (χ3v) is 7.74. The second-order valence-electron chi connectivity index (χ2n) is 10.6. The van der Waals surface area contributed by atoms with E-state index >= 15 is 0 Å². The van der Waals surface area contributed by atoms with Crippen LogP contribution in [0.3, 0.4) is 0 Å². The Labute approximate surface area is 249 Å². The molecule has 2 bridgehead atoms. The van der Waals surface area contributed by atoms with Gasteiger partial charge in [-0.05, 0) is 48.6 Å². The largest absolute Gasteiger partial charge is 0.436 e. The van der Waals surface area contributed by atoms with Crippen LogP contribution < -0.4 is 10.9 Å². The fourth-order valence-corrected chi connectivity index (χ4v) is 5.44. The zero-order valence-electron chi connectivity index (χ0n) is 23.1. The fraction of sp³-hybridized carbons (Fsp3) is 0.333. The molecule has 0 radical (unpaired) electrons. The molecule has 3 heterocycles. The zero-order chi connectivity index (χ0) is 30.7. The SMILES string of the molecule is C[C@@H]1CCC[C@H](n2cnc(-c3cc(Cl)ccc3-n3cc(C(F)(F)F)nn3)cc2=O)c2cccc(c2)C[C@H](CC#N)NC1=O. The number of carbonyl (C=O) groups excluding carboxylic acids is 1. The van der Waals surface area contributed by atoms with Gasteiger partial charge in [-0.25, -0.2) is 9.67 Å². The number of nitrogens with one attached hydrogen (secondary N) is 1. The maximum atomic E-state index is 13.6. The monoisotopic (exact) mass is 609 g/mol. The molecule has 1 N–H and O–H groups in total. The van der Waals surface area contributed by atoms with Gasteiger partial charge in [-0.1, -0.05) is 54.4 Å². The van der Waals surface area contributed by atoms with E-state index in [2.05, 4.69) is 26.7 Å². The second-order valence-corrected chi connectivity index (χ2v) is 11.0. The van der Waals surface area contributed by atoms with Crippen LogP contribution in [0.5, 0.6) is 0 Å². The van der Waals surface area contributed by atoms with Gasteiger partial charge < -0.3 is 5.32 Å². The lowest BCUT2D eigenvalue weighted by Gasteiger charge is -2.25. The van der Waals surface area contributed by atoms with Gasteiger partial charge in [0, 0.05) is 28.6 Å². The summed E-state index contributed by atoms with van der Waals surface area (Å²) in [4.78, 5) is 30.9. The van der Waals surface area contributed by atoms with Crippen molar-refractivity contribution in [2.45, 2.75) is 57.3 Å². The summed E-state index contributed by atoms with van der Waals surface area (Å²) in [5.41, 5.74) is 0.996. The highest BCUT2D eigenvalue weighted by Crippen LogP contribution is 2.32. The van der Waals surface area contributed by atoms with E-state index in [-0.39, 0.29) is 47.3 Å². The molecule has 1 amide bonds. The van der Waals surface area contributed by atoms with Crippen molar-refractivity contribution in [2.24, 2.45) is 5.92 Å². The summed E-state index contributed by atoms with van der Waals surface area (Å²) in [5.74, 6) is -0.378. The predicted octanol–water partition coefficient (Wildman–Crippen LogP) is 5.51. The van der Waals surface area contributed by atoms with Crippen LogP contribution in [0.2, 0.25) is 5.02 Å². The van der Waals surface area contributed by atoms with E-state index in [1.54, 1.807) is 0 Å². The molecule has 43 heavy (non-hydrogen) atoms. The first-order valence-electron chi connectivity index (χ1n) is 13.7. The Hall–Kier alpha value is -4.50. The molecule has 0 fully saturated rings. The molecule has 13 heteroatoms. The number of alkyl halides is 3. The maximum Gasteiger partial charge on any atom is 0.436 e. The Morgan fingerprint density at radius 2 is 1.95 bits per heavy atom. The number of amides is 1. The first-order valence-corrected chi connectivity index (χ1v) is 14.1. The first kappa shape index (κ1) is 30.0. The summed E-state index contributed by atoms with van der Waals surface area (Å²) in [5, 5.41) is 19.4. The van der Waals surface area contributed by atoms with Crippen molar-refractivity contribution in [2.75, 3.05) is 0 Å². The van der Waals surface area contributed by atoms with E-state index in [9.17, 15) is 28.0 Å². The van der Waals surface area contributed by atoms with E-state index in [0.717, 1.165) is 22.0 Å². The van der Waals surface area contributed by atoms with Crippen molar-refractivity contribution < 1.29 is 18.0 Å². The average molecular weight is 610 g/mol. The van der Waals surface area contributed by atoms with Gasteiger partial charge in [-0.2, -0.15) is 18.4 Å². The van der Waals surface area contributed by atoms with Gasteiger partial charge in [0.25, 0.3) is 5.56 Å². The molecular weight excluding hydrogens is 583 g/mol. The van der Waals surface area contributed by atoms with Crippen LogP contribution in [0.15, 0.2) is 65.8 Å². The topological polar surface area (TPSA) is 118 Å².